The van der Waals surface area contributed by atoms with E-state index in [1.165, 1.54) is 6.07 Å². The molecule has 72 valence electrons. The molecule has 0 bridgehead atoms. The number of hydrogen-bond donors (Lipinski definition) is 1. The second-order valence-corrected chi connectivity index (χ2v) is 4.36. The van der Waals surface area contributed by atoms with Crippen molar-refractivity contribution in [2.24, 2.45) is 0 Å². The highest BCUT2D eigenvalue weighted by Gasteiger charge is 2.10. The van der Waals surface area contributed by atoms with Gasteiger partial charge < -0.3 is 4.98 Å². The Hall–Kier alpha value is -0.510. The van der Waals surface area contributed by atoms with Gasteiger partial charge in [0.2, 0.25) is 0 Å². The lowest BCUT2D eigenvalue weighted by Gasteiger charge is -2.03. The molecule has 0 fully saturated rings. The lowest BCUT2D eigenvalue weighted by Crippen LogP contribution is -2.00. The molecule has 2 aromatic rings. The van der Waals surface area contributed by atoms with Crippen LogP contribution in [0.5, 0.6) is 0 Å². The van der Waals surface area contributed by atoms with Gasteiger partial charge in [-0.25, -0.2) is 0 Å². The Kier molecular flexibility index (Phi) is 2.56. The Labute approximate surface area is 98.0 Å². The molecule has 0 unspecified atom stereocenters. The Bertz CT molecular complexity index is 564. The number of fused-ring (bicyclic) bond motifs is 1. The zero-order valence-electron chi connectivity index (χ0n) is 6.77. The maximum Gasteiger partial charge on any atom is 0.189 e. The summed E-state index contributed by atoms with van der Waals surface area (Å²) in [6.07, 6.45) is 1.54. The average molecular weight is 293 g/mol. The smallest absolute Gasteiger partial charge is 0.189 e. The minimum absolute atomic E-state index is 0.0852. The normalized spacial score (nSPS) is 10.8. The SMILES string of the molecule is O=c1cc[nH]c2c(Cl)c(Cl)c(Br)cc12. The highest BCUT2D eigenvalue weighted by molar-refractivity contribution is 9.10. The minimum atomic E-state index is -0.0852. The largest absolute Gasteiger partial charge is 0.360 e. The summed E-state index contributed by atoms with van der Waals surface area (Å²) in [6.45, 7) is 0. The summed E-state index contributed by atoms with van der Waals surface area (Å²) in [5.74, 6) is 0. The van der Waals surface area contributed by atoms with E-state index in [1.807, 2.05) is 0 Å². The van der Waals surface area contributed by atoms with Gasteiger partial charge in [0.1, 0.15) is 0 Å². The van der Waals surface area contributed by atoms with E-state index in [0.717, 1.165) is 0 Å². The van der Waals surface area contributed by atoms with E-state index in [4.69, 9.17) is 23.2 Å². The van der Waals surface area contributed by atoms with E-state index in [9.17, 15) is 4.79 Å². The Morgan fingerprint density at radius 1 is 1.29 bits per heavy atom. The topological polar surface area (TPSA) is 32.9 Å². The minimum Gasteiger partial charge on any atom is -0.360 e. The van der Waals surface area contributed by atoms with Gasteiger partial charge in [-0.3, -0.25) is 4.79 Å². The van der Waals surface area contributed by atoms with E-state index in [2.05, 4.69) is 20.9 Å². The van der Waals surface area contributed by atoms with Crippen molar-refractivity contribution in [2.45, 2.75) is 0 Å². The van der Waals surface area contributed by atoms with Crippen molar-refractivity contribution in [1.29, 1.82) is 0 Å². The number of aromatic nitrogens is 1. The van der Waals surface area contributed by atoms with Gasteiger partial charge in [-0.2, -0.15) is 0 Å². The standard InChI is InChI=1S/C9H4BrCl2NO/c10-5-3-4-6(14)1-2-13-9(4)8(12)7(5)11/h1-3H,(H,13,14). The van der Waals surface area contributed by atoms with Crippen LogP contribution in [-0.2, 0) is 0 Å². The number of nitrogens with one attached hydrogen (secondary N) is 1. The predicted octanol–water partition coefficient (Wildman–Crippen LogP) is 3.60. The van der Waals surface area contributed by atoms with Crippen molar-refractivity contribution >= 4 is 50.0 Å². The third-order valence-electron chi connectivity index (χ3n) is 1.89. The van der Waals surface area contributed by atoms with Crippen LogP contribution >= 0.6 is 39.1 Å². The molecule has 0 saturated carbocycles. The van der Waals surface area contributed by atoms with Gasteiger partial charge in [0.05, 0.1) is 15.6 Å². The van der Waals surface area contributed by atoms with Crippen LogP contribution in [0.25, 0.3) is 10.9 Å². The quantitative estimate of drug-likeness (QED) is 0.740. The number of benzene rings is 1. The van der Waals surface area contributed by atoms with Crippen molar-refractivity contribution in [3.63, 3.8) is 0 Å². The maximum atomic E-state index is 11.5. The number of hydrogen-bond acceptors (Lipinski definition) is 1. The molecule has 5 heteroatoms. The molecule has 2 rings (SSSR count). The van der Waals surface area contributed by atoms with Crippen molar-refractivity contribution in [3.8, 4) is 0 Å². The zero-order chi connectivity index (χ0) is 10.3. The monoisotopic (exact) mass is 291 g/mol. The summed E-state index contributed by atoms with van der Waals surface area (Å²) >= 11 is 15.1. The molecule has 0 aliphatic heterocycles. The van der Waals surface area contributed by atoms with E-state index in [-0.39, 0.29) is 5.43 Å². The molecule has 0 amide bonds. The van der Waals surface area contributed by atoms with Gasteiger partial charge in [-0.1, -0.05) is 23.2 Å². The number of H-pyrrole nitrogens is 1. The fourth-order valence-electron chi connectivity index (χ4n) is 1.22. The summed E-state index contributed by atoms with van der Waals surface area (Å²) < 4.78 is 0.619. The fraction of sp³-hybridized carbons (Fsp3) is 0. The molecule has 0 aliphatic carbocycles. The van der Waals surface area contributed by atoms with Crippen LogP contribution in [0.4, 0.5) is 0 Å². The molecular formula is C9H4BrCl2NO. The van der Waals surface area contributed by atoms with Gasteiger partial charge in [0, 0.05) is 22.1 Å². The van der Waals surface area contributed by atoms with Crippen LogP contribution in [0.1, 0.15) is 0 Å². The molecule has 0 saturated heterocycles. The second-order valence-electron chi connectivity index (χ2n) is 2.75. The van der Waals surface area contributed by atoms with E-state index >= 15 is 0 Å². The van der Waals surface area contributed by atoms with Crippen LogP contribution in [0.15, 0.2) is 27.6 Å². The van der Waals surface area contributed by atoms with Crippen molar-refractivity contribution in [1.82, 2.24) is 4.98 Å². The molecule has 0 spiro atoms. The van der Waals surface area contributed by atoms with E-state index in [0.29, 0.717) is 25.4 Å². The molecule has 0 atom stereocenters. The first-order chi connectivity index (χ1) is 6.61. The molecule has 0 radical (unpaired) electrons. The van der Waals surface area contributed by atoms with Crippen LogP contribution in [0.3, 0.4) is 0 Å². The molecule has 2 nitrogen and oxygen atoms in total. The molecule has 14 heavy (non-hydrogen) atoms. The average Bonchev–Trinajstić information content (AvgIpc) is 2.17. The Morgan fingerprint density at radius 3 is 2.71 bits per heavy atom. The molecule has 1 N–H and O–H groups in total. The predicted molar refractivity (Wildman–Crippen MR) is 62.3 cm³/mol. The van der Waals surface area contributed by atoms with Crippen LogP contribution in [-0.4, -0.2) is 4.98 Å². The van der Waals surface area contributed by atoms with Gasteiger partial charge in [-0.05, 0) is 22.0 Å². The van der Waals surface area contributed by atoms with Gasteiger partial charge in [0.15, 0.2) is 5.43 Å². The third kappa shape index (κ3) is 1.45. The van der Waals surface area contributed by atoms with Crippen molar-refractivity contribution in [2.75, 3.05) is 0 Å². The first kappa shape index (κ1) is 10.0. The molecule has 0 aliphatic rings. The van der Waals surface area contributed by atoms with Gasteiger partial charge >= 0.3 is 0 Å². The van der Waals surface area contributed by atoms with Crippen molar-refractivity contribution in [3.05, 3.63) is 43.1 Å². The molecule has 1 aromatic carbocycles. The number of halogens is 3. The van der Waals surface area contributed by atoms with Gasteiger partial charge in [0.25, 0.3) is 0 Å². The fourth-order valence-corrected chi connectivity index (χ4v) is 2.17. The van der Waals surface area contributed by atoms with Crippen LogP contribution in [0.2, 0.25) is 10.0 Å². The summed E-state index contributed by atoms with van der Waals surface area (Å²) in [5.41, 5.74) is 0.477. The van der Waals surface area contributed by atoms with Crippen molar-refractivity contribution < 1.29 is 0 Å². The zero-order valence-corrected chi connectivity index (χ0v) is 9.87. The number of pyridine rings is 1. The molecule has 1 aromatic heterocycles. The maximum absolute atomic E-state index is 11.5. The summed E-state index contributed by atoms with van der Waals surface area (Å²) in [5, 5.41) is 1.28. The third-order valence-corrected chi connectivity index (χ3v) is 3.61. The number of rotatable bonds is 0. The van der Waals surface area contributed by atoms with Crippen LogP contribution < -0.4 is 5.43 Å². The van der Waals surface area contributed by atoms with E-state index < -0.39 is 0 Å². The summed E-state index contributed by atoms with van der Waals surface area (Å²) in [4.78, 5) is 14.3. The number of aromatic amines is 1. The highest BCUT2D eigenvalue weighted by Crippen LogP contribution is 2.34. The molecule has 1 heterocycles. The van der Waals surface area contributed by atoms with Crippen LogP contribution in [0, 0.1) is 0 Å². The van der Waals surface area contributed by atoms with Gasteiger partial charge in [-0.15, -0.1) is 0 Å². The van der Waals surface area contributed by atoms with E-state index in [1.54, 1.807) is 12.3 Å². The first-order valence-electron chi connectivity index (χ1n) is 3.76. The molecular weight excluding hydrogens is 289 g/mol. The Balaban J connectivity index is 3.06. The Morgan fingerprint density at radius 2 is 2.00 bits per heavy atom. The first-order valence-corrected chi connectivity index (χ1v) is 5.31. The lowest BCUT2D eigenvalue weighted by atomic mass is 10.2. The summed E-state index contributed by atoms with van der Waals surface area (Å²) in [6, 6.07) is 3.10. The second kappa shape index (κ2) is 3.57. The lowest BCUT2D eigenvalue weighted by molar-refractivity contribution is 1.39. The summed E-state index contributed by atoms with van der Waals surface area (Å²) in [7, 11) is 0. The highest BCUT2D eigenvalue weighted by atomic mass is 79.9.